The predicted octanol–water partition coefficient (Wildman–Crippen LogP) is 3.76. The molecule has 5 heteroatoms. The molecule has 17 heavy (non-hydrogen) atoms. The van der Waals surface area contributed by atoms with Gasteiger partial charge in [-0.05, 0) is 30.8 Å². The Kier molecular flexibility index (Phi) is 4.53. The Morgan fingerprint density at radius 1 is 1.29 bits per heavy atom. The lowest BCUT2D eigenvalue weighted by Crippen LogP contribution is -2.11. The molecule has 0 aliphatic heterocycles. The molecule has 0 atom stereocenters. The molecule has 90 valence electrons. The number of nitrogens with one attached hydrogen (secondary N) is 2. The van der Waals surface area contributed by atoms with Crippen molar-refractivity contribution in [3.8, 4) is 0 Å². The van der Waals surface area contributed by atoms with Crippen LogP contribution in [0.15, 0.2) is 34.1 Å². The number of halogens is 1. The quantitative estimate of drug-likeness (QED) is 0.883. The van der Waals surface area contributed by atoms with Gasteiger partial charge in [0.2, 0.25) is 0 Å². The third-order valence-electron chi connectivity index (χ3n) is 2.20. The number of hydrogen-bond acceptors (Lipinski definition) is 4. The van der Waals surface area contributed by atoms with Gasteiger partial charge < -0.3 is 10.6 Å². The van der Waals surface area contributed by atoms with Crippen LogP contribution in [-0.2, 0) is 6.54 Å². The maximum atomic E-state index is 4.50. The van der Waals surface area contributed by atoms with Crippen LogP contribution in [0.3, 0.4) is 0 Å². The van der Waals surface area contributed by atoms with Crippen LogP contribution >= 0.6 is 27.3 Å². The molecule has 0 saturated heterocycles. The standard InChI is InChI=1S/C12H14BrN3S/c1-2-14-7-11-8-17-12(16-11)15-10-5-3-9(13)4-6-10/h3-6,8,14H,2,7H2,1H3,(H,15,16). The molecule has 0 saturated carbocycles. The lowest BCUT2D eigenvalue weighted by Gasteiger charge is -2.02. The molecule has 1 heterocycles. The summed E-state index contributed by atoms with van der Waals surface area (Å²) in [6.45, 7) is 3.88. The van der Waals surface area contributed by atoms with Gasteiger partial charge in [-0.1, -0.05) is 22.9 Å². The molecule has 0 fully saturated rings. The van der Waals surface area contributed by atoms with Crippen molar-refractivity contribution in [3.05, 3.63) is 39.8 Å². The third kappa shape index (κ3) is 3.80. The number of anilines is 2. The fourth-order valence-electron chi connectivity index (χ4n) is 1.36. The molecule has 0 bridgehead atoms. The Labute approximate surface area is 113 Å². The topological polar surface area (TPSA) is 37.0 Å². The molecule has 2 aromatic rings. The number of rotatable bonds is 5. The highest BCUT2D eigenvalue weighted by molar-refractivity contribution is 9.10. The Morgan fingerprint density at radius 2 is 2.06 bits per heavy atom. The lowest BCUT2D eigenvalue weighted by atomic mass is 10.3. The van der Waals surface area contributed by atoms with E-state index in [2.05, 4.69) is 43.9 Å². The summed E-state index contributed by atoms with van der Waals surface area (Å²) in [6, 6.07) is 8.07. The Hall–Kier alpha value is -0.910. The van der Waals surface area contributed by atoms with Crippen LogP contribution in [0.25, 0.3) is 0 Å². The average Bonchev–Trinajstić information content (AvgIpc) is 2.77. The number of benzene rings is 1. The highest BCUT2D eigenvalue weighted by atomic mass is 79.9. The fraction of sp³-hybridized carbons (Fsp3) is 0.250. The van der Waals surface area contributed by atoms with Gasteiger partial charge in [-0.3, -0.25) is 0 Å². The number of nitrogens with zero attached hydrogens (tertiary/aromatic N) is 1. The monoisotopic (exact) mass is 311 g/mol. The van der Waals surface area contributed by atoms with E-state index >= 15 is 0 Å². The van der Waals surface area contributed by atoms with Crippen LogP contribution in [-0.4, -0.2) is 11.5 Å². The lowest BCUT2D eigenvalue weighted by molar-refractivity contribution is 0.715. The van der Waals surface area contributed by atoms with Gasteiger partial charge in [-0.25, -0.2) is 4.98 Å². The fourth-order valence-corrected chi connectivity index (χ4v) is 2.35. The average molecular weight is 312 g/mol. The van der Waals surface area contributed by atoms with Crippen LogP contribution in [0.2, 0.25) is 0 Å². The Balaban J connectivity index is 1.98. The summed E-state index contributed by atoms with van der Waals surface area (Å²) < 4.78 is 1.08. The third-order valence-corrected chi connectivity index (χ3v) is 3.54. The van der Waals surface area contributed by atoms with Crippen LogP contribution in [0, 0.1) is 0 Å². The first-order chi connectivity index (χ1) is 8.28. The normalized spacial score (nSPS) is 10.5. The molecular formula is C12H14BrN3S. The molecule has 0 spiro atoms. The van der Waals surface area contributed by atoms with Gasteiger partial charge in [-0.15, -0.1) is 11.3 Å². The molecule has 1 aromatic heterocycles. The smallest absolute Gasteiger partial charge is 0.187 e. The van der Waals surface area contributed by atoms with Crippen molar-refractivity contribution in [2.45, 2.75) is 13.5 Å². The van der Waals surface area contributed by atoms with Gasteiger partial charge in [0, 0.05) is 22.1 Å². The zero-order valence-corrected chi connectivity index (χ0v) is 11.9. The predicted molar refractivity (Wildman–Crippen MR) is 76.9 cm³/mol. The maximum absolute atomic E-state index is 4.50. The van der Waals surface area contributed by atoms with Crippen molar-refractivity contribution in [2.75, 3.05) is 11.9 Å². The van der Waals surface area contributed by atoms with Crippen LogP contribution in [0.4, 0.5) is 10.8 Å². The summed E-state index contributed by atoms with van der Waals surface area (Å²) in [5.74, 6) is 0. The molecule has 2 rings (SSSR count). The van der Waals surface area contributed by atoms with Crippen molar-refractivity contribution in [2.24, 2.45) is 0 Å². The van der Waals surface area contributed by atoms with Gasteiger partial charge in [-0.2, -0.15) is 0 Å². The van der Waals surface area contributed by atoms with Crippen LogP contribution in [0.5, 0.6) is 0 Å². The summed E-state index contributed by atoms with van der Waals surface area (Å²) in [6.07, 6.45) is 0. The van der Waals surface area contributed by atoms with E-state index in [-0.39, 0.29) is 0 Å². The largest absolute Gasteiger partial charge is 0.332 e. The number of aromatic nitrogens is 1. The van der Waals surface area contributed by atoms with Gasteiger partial charge in [0.1, 0.15) is 0 Å². The van der Waals surface area contributed by atoms with E-state index < -0.39 is 0 Å². The molecule has 0 radical (unpaired) electrons. The van der Waals surface area contributed by atoms with Crippen molar-refractivity contribution in [1.82, 2.24) is 10.3 Å². The van der Waals surface area contributed by atoms with Crippen LogP contribution in [0.1, 0.15) is 12.6 Å². The van der Waals surface area contributed by atoms with Gasteiger partial charge >= 0.3 is 0 Å². The Morgan fingerprint density at radius 3 is 2.76 bits per heavy atom. The molecule has 1 aromatic carbocycles. The van der Waals surface area contributed by atoms with Crippen molar-refractivity contribution in [1.29, 1.82) is 0 Å². The molecule has 0 aliphatic carbocycles. The van der Waals surface area contributed by atoms with Gasteiger partial charge in [0.15, 0.2) is 5.13 Å². The summed E-state index contributed by atoms with van der Waals surface area (Å²) in [7, 11) is 0. The van der Waals surface area contributed by atoms with Crippen molar-refractivity contribution >= 4 is 38.1 Å². The van der Waals surface area contributed by atoms with E-state index in [1.807, 2.05) is 24.3 Å². The number of thiazole rings is 1. The second-order valence-electron chi connectivity index (χ2n) is 3.56. The minimum Gasteiger partial charge on any atom is -0.332 e. The van der Waals surface area contributed by atoms with Gasteiger partial charge in [0.05, 0.1) is 5.69 Å². The molecular weight excluding hydrogens is 298 g/mol. The van der Waals surface area contributed by atoms with Crippen molar-refractivity contribution in [3.63, 3.8) is 0 Å². The molecule has 3 nitrogen and oxygen atoms in total. The van der Waals surface area contributed by atoms with E-state index in [4.69, 9.17) is 0 Å². The van der Waals surface area contributed by atoms with E-state index in [1.165, 1.54) is 0 Å². The van der Waals surface area contributed by atoms with Gasteiger partial charge in [0.25, 0.3) is 0 Å². The first-order valence-corrected chi connectivity index (χ1v) is 7.13. The SMILES string of the molecule is CCNCc1csc(Nc2ccc(Br)cc2)n1. The zero-order chi connectivity index (χ0) is 12.1. The molecule has 2 N–H and O–H groups in total. The number of hydrogen-bond donors (Lipinski definition) is 2. The maximum Gasteiger partial charge on any atom is 0.187 e. The first-order valence-electron chi connectivity index (χ1n) is 5.45. The highest BCUT2D eigenvalue weighted by Gasteiger charge is 2.01. The zero-order valence-electron chi connectivity index (χ0n) is 9.53. The summed E-state index contributed by atoms with van der Waals surface area (Å²) >= 11 is 5.04. The van der Waals surface area contributed by atoms with Crippen LogP contribution < -0.4 is 10.6 Å². The summed E-state index contributed by atoms with van der Waals surface area (Å²) in [5, 5.41) is 9.55. The molecule has 0 aliphatic rings. The summed E-state index contributed by atoms with van der Waals surface area (Å²) in [5.41, 5.74) is 2.13. The summed E-state index contributed by atoms with van der Waals surface area (Å²) in [4.78, 5) is 4.50. The minimum atomic E-state index is 0.828. The molecule has 0 unspecified atom stereocenters. The second-order valence-corrected chi connectivity index (χ2v) is 5.33. The van der Waals surface area contributed by atoms with E-state index in [9.17, 15) is 0 Å². The minimum absolute atomic E-state index is 0.828. The van der Waals surface area contributed by atoms with E-state index in [1.54, 1.807) is 11.3 Å². The van der Waals surface area contributed by atoms with E-state index in [0.29, 0.717) is 0 Å². The molecule has 0 amide bonds. The Bertz CT molecular complexity index is 467. The van der Waals surface area contributed by atoms with E-state index in [0.717, 1.165) is 34.1 Å². The second kappa shape index (κ2) is 6.14. The first kappa shape index (κ1) is 12.5. The highest BCUT2D eigenvalue weighted by Crippen LogP contribution is 2.22. The van der Waals surface area contributed by atoms with Crippen molar-refractivity contribution < 1.29 is 0 Å².